The predicted molar refractivity (Wildman–Crippen MR) is 31.9 cm³/mol. The zero-order valence-corrected chi connectivity index (χ0v) is 5.72. The summed E-state index contributed by atoms with van der Waals surface area (Å²) in [4.78, 5) is 10.7. The third kappa shape index (κ3) is 1.21. The molecule has 0 aliphatic carbocycles. The molecule has 0 aromatic carbocycles. The molecule has 9 heavy (non-hydrogen) atoms. The first kappa shape index (κ1) is 6.55. The van der Waals surface area contributed by atoms with Crippen molar-refractivity contribution in [2.45, 2.75) is 20.3 Å². The van der Waals surface area contributed by atoms with Gasteiger partial charge in [-0.15, -0.1) is 0 Å². The van der Waals surface area contributed by atoms with Gasteiger partial charge < -0.3 is 0 Å². The van der Waals surface area contributed by atoms with Crippen molar-refractivity contribution in [2.75, 3.05) is 6.54 Å². The molecule has 1 aliphatic heterocycles. The van der Waals surface area contributed by atoms with Crippen LogP contribution in [-0.4, -0.2) is 22.7 Å². The van der Waals surface area contributed by atoms with Gasteiger partial charge in [-0.3, -0.25) is 10.0 Å². The molecule has 3 nitrogen and oxygen atoms in total. The average Bonchev–Trinajstić information content (AvgIpc) is 1.79. The Bertz CT molecular complexity index is 142. The van der Waals surface area contributed by atoms with E-state index in [1.54, 1.807) is 0 Å². The summed E-state index contributed by atoms with van der Waals surface area (Å²) in [6.07, 6.45) is 0.462. The highest BCUT2D eigenvalue weighted by atomic mass is 16.5. The van der Waals surface area contributed by atoms with Crippen molar-refractivity contribution in [1.29, 1.82) is 0 Å². The van der Waals surface area contributed by atoms with Gasteiger partial charge in [-0.05, 0) is 5.41 Å². The molecule has 0 aromatic heterocycles. The Labute approximate surface area is 54.2 Å². The molecule has 1 aliphatic rings. The monoisotopic (exact) mass is 129 g/mol. The first-order valence-electron chi connectivity index (χ1n) is 3.00. The molecule has 0 spiro atoms. The molecule has 0 atom stereocenters. The zero-order chi connectivity index (χ0) is 7.07. The first-order chi connectivity index (χ1) is 4.01. The second kappa shape index (κ2) is 1.70. The summed E-state index contributed by atoms with van der Waals surface area (Å²) in [5.74, 6) is -0.167. The molecule has 0 unspecified atom stereocenters. The molecular formula is C6H11NO2. The minimum absolute atomic E-state index is 0.0359. The summed E-state index contributed by atoms with van der Waals surface area (Å²) >= 11 is 0. The molecular weight excluding hydrogens is 118 g/mol. The number of hydrogen-bond donors (Lipinski definition) is 1. The van der Waals surface area contributed by atoms with E-state index in [0.29, 0.717) is 13.0 Å². The number of amides is 1. The maximum atomic E-state index is 10.7. The summed E-state index contributed by atoms with van der Waals surface area (Å²) in [6.45, 7) is 4.38. The fraction of sp³-hybridized carbons (Fsp3) is 0.833. The van der Waals surface area contributed by atoms with Gasteiger partial charge in [-0.2, -0.15) is 0 Å². The van der Waals surface area contributed by atoms with E-state index in [1.165, 1.54) is 0 Å². The van der Waals surface area contributed by atoms with Crippen LogP contribution in [0.5, 0.6) is 0 Å². The van der Waals surface area contributed by atoms with Crippen LogP contribution in [0.4, 0.5) is 0 Å². The molecule has 0 aromatic rings. The SMILES string of the molecule is CC1(C)CC(=O)N(O)C1. The number of carbonyl (C=O) groups is 1. The van der Waals surface area contributed by atoms with Gasteiger partial charge in [0.25, 0.3) is 0 Å². The van der Waals surface area contributed by atoms with Crippen LogP contribution in [0.1, 0.15) is 20.3 Å². The Hall–Kier alpha value is -0.570. The smallest absolute Gasteiger partial charge is 0.246 e. The van der Waals surface area contributed by atoms with Crippen molar-refractivity contribution in [3.05, 3.63) is 0 Å². The molecule has 0 radical (unpaired) electrons. The molecule has 1 rings (SSSR count). The predicted octanol–water partition coefficient (Wildman–Crippen LogP) is 0.634. The second-order valence-electron chi connectivity index (χ2n) is 3.29. The maximum absolute atomic E-state index is 10.7. The van der Waals surface area contributed by atoms with E-state index >= 15 is 0 Å². The van der Waals surface area contributed by atoms with Crippen LogP contribution in [0.25, 0.3) is 0 Å². The molecule has 0 bridgehead atoms. The average molecular weight is 129 g/mol. The molecule has 1 N–H and O–H groups in total. The maximum Gasteiger partial charge on any atom is 0.246 e. The van der Waals surface area contributed by atoms with Crippen molar-refractivity contribution in [2.24, 2.45) is 5.41 Å². The standard InChI is InChI=1S/C6H11NO2/c1-6(2)3-5(8)7(9)4-6/h9H,3-4H2,1-2H3. The zero-order valence-electron chi connectivity index (χ0n) is 5.72. The van der Waals surface area contributed by atoms with Crippen LogP contribution in [0, 0.1) is 5.41 Å². The van der Waals surface area contributed by atoms with E-state index in [0.717, 1.165) is 5.06 Å². The largest absolute Gasteiger partial charge is 0.286 e. The lowest BCUT2D eigenvalue weighted by atomic mass is 9.93. The Kier molecular flexibility index (Phi) is 1.24. The van der Waals surface area contributed by atoms with Crippen LogP contribution >= 0.6 is 0 Å². The van der Waals surface area contributed by atoms with Crippen LogP contribution in [0.15, 0.2) is 0 Å². The number of rotatable bonds is 0. The highest BCUT2D eigenvalue weighted by Crippen LogP contribution is 2.28. The highest BCUT2D eigenvalue weighted by molar-refractivity contribution is 5.77. The van der Waals surface area contributed by atoms with Crippen LogP contribution < -0.4 is 0 Å². The molecule has 1 fully saturated rings. The molecule has 52 valence electrons. The van der Waals surface area contributed by atoms with E-state index < -0.39 is 0 Å². The lowest BCUT2D eigenvalue weighted by Gasteiger charge is -2.13. The van der Waals surface area contributed by atoms with Crippen molar-refractivity contribution in [3.63, 3.8) is 0 Å². The van der Waals surface area contributed by atoms with Crippen LogP contribution in [0.2, 0.25) is 0 Å². The van der Waals surface area contributed by atoms with E-state index in [9.17, 15) is 4.79 Å². The number of hydroxylamine groups is 2. The van der Waals surface area contributed by atoms with Gasteiger partial charge in [0.15, 0.2) is 0 Å². The van der Waals surface area contributed by atoms with Gasteiger partial charge in [0.1, 0.15) is 0 Å². The third-order valence-electron chi connectivity index (χ3n) is 1.50. The van der Waals surface area contributed by atoms with Gasteiger partial charge >= 0.3 is 0 Å². The van der Waals surface area contributed by atoms with Crippen molar-refractivity contribution >= 4 is 5.91 Å². The lowest BCUT2D eigenvalue weighted by molar-refractivity contribution is -0.157. The van der Waals surface area contributed by atoms with Gasteiger partial charge in [0.05, 0.1) is 6.54 Å². The van der Waals surface area contributed by atoms with Crippen LogP contribution in [0.3, 0.4) is 0 Å². The summed E-state index contributed by atoms with van der Waals surface area (Å²) < 4.78 is 0. The minimum atomic E-state index is -0.167. The summed E-state index contributed by atoms with van der Waals surface area (Å²) in [5, 5.41) is 9.61. The van der Waals surface area contributed by atoms with Gasteiger partial charge in [-0.1, -0.05) is 13.8 Å². The molecule has 3 heteroatoms. The van der Waals surface area contributed by atoms with E-state index in [1.807, 2.05) is 13.8 Å². The summed E-state index contributed by atoms with van der Waals surface area (Å²) in [7, 11) is 0. The Morgan fingerprint density at radius 2 is 2.22 bits per heavy atom. The fourth-order valence-corrected chi connectivity index (χ4v) is 1.05. The fourth-order valence-electron chi connectivity index (χ4n) is 1.05. The van der Waals surface area contributed by atoms with Gasteiger partial charge in [0, 0.05) is 6.42 Å². The second-order valence-corrected chi connectivity index (χ2v) is 3.29. The van der Waals surface area contributed by atoms with Crippen molar-refractivity contribution in [1.82, 2.24) is 5.06 Å². The molecule has 1 heterocycles. The molecule has 1 amide bonds. The normalized spacial score (nSPS) is 25.2. The Balaban J connectivity index is 2.65. The highest BCUT2D eigenvalue weighted by Gasteiger charge is 2.34. The molecule has 0 saturated carbocycles. The van der Waals surface area contributed by atoms with Crippen molar-refractivity contribution < 1.29 is 10.0 Å². The number of nitrogens with zero attached hydrogens (tertiary/aromatic N) is 1. The van der Waals surface area contributed by atoms with Crippen LogP contribution in [-0.2, 0) is 4.79 Å². The topological polar surface area (TPSA) is 40.5 Å². The van der Waals surface area contributed by atoms with Gasteiger partial charge in [0.2, 0.25) is 5.91 Å². The van der Waals surface area contributed by atoms with Gasteiger partial charge in [-0.25, -0.2) is 5.06 Å². The first-order valence-corrected chi connectivity index (χ1v) is 3.00. The van der Waals surface area contributed by atoms with E-state index in [2.05, 4.69) is 0 Å². The van der Waals surface area contributed by atoms with E-state index in [-0.39, 0.29) is 11.3 Å². The van der Waals surface area contributed by atoms with Crippen molar-refractivity contribution in [3.8, 4) is 0 Å². The van der Waals surface area contributed by atoms with E-state index in [4.69, 9.17) is 5.21 Å². The summed E-state index contributed by atoms with van der Waals surface area (Å²) in [6, 6.07) is 0. The Morgan fingerprint density at radius 3 is 2.33 bits per heavy atom. The minimum Gasteiger partial charge on any atom is -0.286 e. The summed E-state index contributed by atoms with van der Waals surface area (Å²) in [5.41, 5.74) is -0.0359. The Morgan fingerprint density at radius 1 is 1.67 bits per heavy atom. The lowest BCUT2D eigenvalue weighted by Crippen LogP contribution is -2.21. The molecule has 1 saturated heterocycles. The number of carbonyl (C=O) groups excluding carboxylic acids is 1. The quantitative estimate of drug-likeness (QED) is 0.487. The third-order valence-corrected chi connectivity index (χ3v) is 1.50. The number of hydrogen-bond acceptors (Lipinski definition) is 2.